The Balaban J connectivity index is 2.40. The molecule has 1 N–H and O–H groups in total. The lowest BCUT2D eigenvalue weighted by molar-refractivity contribution is -0.120. The second-order valence-corrected chi connectivity index (χ2v) is 3.49. The van der Waals surface area contributed by atoms with Crippen LogP contribution in [0.4, 0.5) is 0 Å². The normalized spacial score (nSPS) is 12.2. The Bertz CT molecular complexity index is 274. The number of nitrogens with one attached hydrogen (secondary N) is 1. The zero-order chi connectivity index (χ0) is 9.68. The van der Waals surface area contributed by atoms with Crippen LogP contribution in [-0.4, -0.2) is 16.1 Å². The van der Waals surface area contributed by atoms with E-state index in [1.54, 1.807) is 13.1 Å². The number of aromatic nitrogens is 1. The average molecular weight is 196 g/mol. The van der Waals surface area contributed by atoms with Crippen molar-refractivity contribution in [3.05, 3.63) is 30.1 Å². The maximum absolute atomic E-state index is 11.1. The monoisotopic (exact) mass is 196 g/mol. The molecule has 0 aliphatic rings. The van der Waals surface area contributed by atoms with Gasteiger partial charge in [-0.05, 0) is 19.1 Å². The molecule has 1 heterocycles. The zero-order valence-corrected chi connectivity index (χ0v) is 8.29. The summed E-state index contributed by atoms with van der Waals surface area (Å²) >= 11 is 4.01. The van der Waals surface area contributed by atoms with Crippen LogP contribution in [0.15, 0.2) is 24.4 Å². The largest absolute Gasteiger partial charge is 0.350 e. The summed E-state index contributed by atoms with van der Waals surface area (Å²) in [6.45, 7) is 2.20. The molecule has 4 heteroatoms. The molecule has 1 atom stereocenters. The Labute approximate surface area is 83.0 Å². The molecule has 0 aliphatic carbocycles. The zero-order valence-electron chi connectivity index (χ0n) is 7.40. The number of hydrogen-bond donors (Lipinski definition) is 2. The first-order valence-electron chi connectivity index (χ1n) is 4.06. The molecule has 0 radical (unpaired) electrons. The lowest BCUT2D eigenvalue weighted by Gasteiger charge is -2.05. The van der Waals surface area contributed by atoms with E-state index >= 15 is 0 Å². The fourth-order valence-corrected chi connectivity index (χ4v) is 0.919. The molecule has 1 amide bonds. The predicted octanol–water partition coefficient (Wildman–Crippen LogP) is 1.02. The van der Waals surface area contributed by atoms with Crippen LogP contribution in [0.25, 0.3) is 0 Å². The van der Waals surface area contributed by atoms with E-state index in [-0.39, 0.29) is 11.2 Å². The smallest absolute Gasteiger partial charge is 0.232 e. The second kappa shape index (κ2) is 4.87. The third-order valence-corrected chi connectivity index (χ3v) is 1.78. The van der Waals surface area contributed by atoms with E-state index in [0.29, 0.717) is 6.54 Å². The quantitative estimate of drug-likeness (QED) is 0.709. The molecule has 0 saturated heterocycles. The third-order valence-electron chi connectivity index (χ3n) is 1.55. The fraction of sp³-hybridized carbons (Fsp3) is 0.333. The number of pyridine rings is 1. The number of carbonyl (C=O) groups excluding carboxylic acids is 1. The number of nitrogens with zero attached hydrogens (tertiary/aromatic N) is 1. The number of rotatable bonds is 3. The molecule has 3 nitrogen and oxygen atoms in total. The van der Waals surface area contributed by atoms with Gasteiger partial charge in [-0.2, -0.15) is 12.6 Å². The van der Waals surface area contributed by atoms with E-state index in [1.165, 1.54) is 0 Å². The second-order valence-electron chi connectivity index (χ2n) is 2.71. The van der Waals surface area contributed by atoms with Gasteiger partial charge in [-0.3, -0.25) is 9.78 Å². The van der Waals surface area contributed by atoms with Crippen molar-refractivity contribution in [3.63, 3.8) is 0 Å². The van der Waals surface area contributed by atoms with Crippen LogP contribution in [0.2, 0.25) is 0 Å². The van der Waals surface area contributed by atoms with Gasteiger partial charge in [0.05, 0.1) is 17.5 Å². The lowest BCUT2D eigenvalue weighted by atomic mass is 10.3. The predicted molar refractivity (Wildman–Crippen MR) is 54.5 cm³/mol. The van der Waals surface area contributed by atoms with Crippen LogP contribution in [0.1, 0.15) is 12.6 Å². The molecule has 1 rings (SSSR count). The van der Waals surface area contributed by atoms with Crippen LogP contribution in [-0.2, 0) is 11.3 Å². The standard InChI is InChI=1S/C9H12N2OS/c1-7(13)9(12)11-6-8-4-2-3-5-10-8/h2-5,7,13H,6H2,1H3,(H,11,12). The Morgan fingerprint density at radius 2 is 2.46 bits per heavy atom. The first kappa shape index (κ1) is 10.1. The average Bonchev–Trinajstić information content (AvgIpc) is 2.15. The minimum absolute atomic E-state index is 0.0750. The molecule has 1 unspecified atom stereocenters. The van der Waals surface area contributed by atoms with Crippen LogP contribution < -0.4 is 5.32 Å². The van der Waals surface area contributed by atoms with Gasteiger partial charge in [-0.25, -0.2) is 0 Å². The maximum Gasteiger partial charge on any atom is 0.232 e. The van der Waals surface area contributed by atoms with Gasteiger partial charge in [0.25, 0.3) is 0 Å². The Hall–Kier alpha value is -1.03. The van der Waals surface area contributed by atoms with E-state index in [1.807, 2.05) is 18.2 Å². The van der Waals surface area contributed by atoms with Gasteiger partial charge < -0.3 is 5.32 Å². The molecule has 0 fully saturated rings. The summed E-state index contributed by atoms with van der Waals surface area (Å²) in [5, 5.41) is 2.45. The Morgan fingerprint density at radius 3 is 3.00 bits per heavy atom. The van der Waals surface area contributed by atoms with Gasteiger partial charge in [-0.1, -0.05) is 6.07 Å². The van der Waals surface area contributed by atoms with Gasteiger partial charge in [0.15, 0.2) is 0 Å². The van der Waals surface area contributed by atoms with Crippen LogP contribution in [0.3, 0.4) is 0 Å². The molecule has 0 bridgehead atoms. The highest BCUT2D eigenvalue weighted by Crippen LogP contribution is 1.95. The van der Waals surface area contributed by atoms with Crippen molar-refractivity contribution in [2.45, 2.75) is 18.7 Å². The molecule has 0 saturated carbocycles. The molecule has 70 valence electrons. The maximum atomic E-state index is 11.1. The molecular weight excluding hydrogens is 184 g/mol. The van der Waals surface area contributed by atoms with Crippen molar-refractivity contribution in [2.24, 2.45) is 0 Å². The first-order valence-corrected chi connectivity index (χ1v) is 4.57. The Morgan fingerprint density at radius 1 is 1.69 bits per heavy atom. The van der Waals surface area contributed by atoms with Crippen molar-refractivity contribution in [3.8, 4) is 0 Å². The molecule has 0 spiro atoms. The summed E-state index contributed by atoms with van der Waals surface area (Å²) in [6.07, 6.45) is 1.70. The topological polar surface area (TPSA) is 42.0 Å². The van der Waals surface area contributed by atoms with Gasteiger partial charge in [0, 0.05) is 6.20 Å². The summed E-state index contributed by atoms with van der Waals surface area (Å²) in [5.74, 6) is -0.0750. The summed E-state index contributed by atoms with van der Waals surface area (Å²) in [4.78, 5) is 15.2. The number of amides is 1. The van der Waals surface area contributed by atoms with Gasteiger partial charge in [0.1, 0.15) is 0 Å². The van der Waals surface area contributed by atoms with Crippen molar-refractivity contribution >= 4 is 18.5 Å². The summed E-state index contributed by atoms with van der Waals surface area (Å²) in [5.41, 5.74) is 0.852. The highest BCUT2D eigenvalue weighted by atomic mass is 32.1. The van der Waals surface area contributed by atoms with E-state index < -0.39 is 0 Å². The van der Waals surface area contributed by atoms with Crippen LogP contribution in [0.5, 0.6) is 0 Å². The summed E-state index contributed by atoms with van der Waals surface area (Å²) in [6, 6.07) is 5.59. The molecule has 0 aliphatic heterocycles. The number of thiol groups is 1. The summed E-state index contributed by atoms with van der Waals surface area (Å²) in [7, 11) is 0. The number of hydrogen-bond acceptors (Lipinski definition) is 3. The lowest BCUT2D eigenvalue weighted by Crippen LogP contribution is -2.29. The van der Waals surface area contributed by atoms with Crippen LogP contribution >= 0.6 is 12.6 Å². The van der Waals surface area contributed by atoms with Gasteiger partial charge in [0.2, 0.25) is 5.91 Å². The highest BCUT2D eigenvalue weighted by Gasteiger charge is 2.06. The van der Waals surface area contributed by atoms with Crippen molar-refractivity contribution in [1.82, 2.24) is 10.3 Å². The van der Waals surface area contributed by atoms with E-state index in [2.05, 4.69) is 22.9 Å². The molecule has 1 aromatic rings. The SMILES string of the molecule is CC(S)C(=O)NCc1ccccn1. The molecule has 13 heavy (non-hydrogen) atoms. The van der Waals surface area contributed by atoms with Crippen molar-refractivity contribution in [1.29, 1.82) is 0 Å². The molecule has 0 aromatic carbocycles. The van der Waals surface area contributed by atoms with E-state index in [0.717, 1.165) is 5.69 Å². The Kier molecular flexibility index (Phi) is 3.76. The third kappa shape index (κ3) is 3.46. The van der Waals surface area contributed by atoms with Gasteiger partial charge in [-0.15, -0.1) is 0 Å². The van der Waals surface area contributed by atoms with Crippen molar-refractivity contribution in [2.75, 3.05) is 0 Å². The fourth-order valence-electron chi connectivity index (χ4n) is 0.828. The molecule has 1 aromatic heterocycles. The highest BCUT2D eigenvalue weighted by molar-refractivity contribution is 7.81. The van der Waals surface area contributed by atoms with Crippen LogP contribution in [0, 0.1) is 0 Å². The van der Waals surface area contributed by atoms with Gasteiger partial charge >= 0.3 is 0 Å². The minimum Gasteiger partial charge on any atom is -0.350 e. The first-order chi connectivity index (χ1) is 6.20. The molecular formula is C9H12N2OS. The van der Waals surface area contributed by atoms with E-state index in [9.17, 15) is 4.79 Å². The minimum atomic E-state index is -0.274. The number of carbonyl (C=O) groups is 1. The summed E-state index contributed by atoms with van der Waals surface area (Å²) < 4.78 is 0. The van der Waals surface area contributed by atoms with E-state index in [4.69, 9.17) is 0 Å². The van der Waals surface area contributed by atoms with Crippen molar-refractivity contribution < 1.29 is 4.79 Å².